The lowest BCUT2D eigenvalue weighted by atomic mass is 10.0. The molecule has 2 aromatic rings. The molecule has 1 atom stereocenters. The van der Waals surface area contributed by atoms with Crippen LogP contribution < -0.4 is 5.32 Å². The van der Waals surface area contributed by atoms with Crippen LogP contribution in [0.4, 0.5) is 4.39 Å². The molecule has 5 heteroatoms. The highest BCUT2D eigenvalue weighted by molar-refractivity contribution is 6.31. The number of rotatable bonds is 4. The Balaban J connectivity index is 2.23. The summed E-state index contributed by atoms with van der Waals surface area (Å²) in [5, 5.41) is 3.69. The molecule has 0 amide bonds. The second-order valence-corrected chi connectivity index (χ2v) is 4.32. The van der Waals surface area contributed by atoms with E-state index in [0.29, 0.717) is 11.4 Å². The van der Waals surface area contributed by atoms with Crippen molar-refractivity contribution in [2.24, 2.45) is 0 Å². The Morgan fingerprint density at radius 3 is 2.89 bits per heavy atom. The van der Waals surface area contributed by atoms with Gasteiger partial charge in [0.1, 0.15) is 5.82 Å². The van der Waals surface area contributed by atoms with Crippen molar-refractivity contribution in [1.29, 1.82) is 0 Å². The normalized spacial score (nSPS) is 12.4. The SMILES string of the molecule is CNC(Cc1cc(F)ccc1Cl)c1cnccn1. The molecule has 0 saturated carbocycles. The van der Waals surface area contributed by atoms with Crippen molar-refractivity contribution in [2.75, 3.05) is 7.05 Å². The van der Waals surface area contributed by atoms with Gasteiger partial charge in [-0.05, 0) is 37.2 Å². The minimum absolute atomic E-state index is 0.0435. The van der Waals surface area contributed by atoms with Crippen LogP contribution in [-0.4, -0.2) is 17.0 Å². The van der Waals surface area contributed by atoms with Gasteiger partial charge in [-0.25, -0.2) is 4.39 Å². The molecule has 0 radical (unpaired) electrons. The van der Waals surface area contributed by atoms with Crippen LogP contribution in [-0.2, 0) is 6.42 Å². The van der Waals surface area contributed by atoms with Gasteiger partial charge in [0.2, 0.25) is 0 Å². The van der Waals surface area contributed by atoms with Gasteiger partial charge in [0.25, 0.3) is 0 Å². The third-order valence-electron chi connectivity index (χ3n) is 2.72. The van der Waals surface area contributed by atoms with Crippen molar-refractivity contribution in [3.63, 3.8) is 0 Å². The van der Waals surface area contributed by atoms with Gasteiger partial charge < -0.3 is 5.32 Å². The molecular formula is C13H13ClFN3. The summed E-state index contributed by atoms with van der Waals surface area (Å²) in [6.07, 6.45) is 5.50. The molecule has 3 nitrogen and oxygen atoms in total. The molecule has 1 N–H and O–H groups in total. The number of hydrogen-bond acceptors (Lipinski definition) is 3. The van der Waals surface area contributed by atoms with Crippen LogP contribution in [0.25, 0.3) is 0 Å². The van der Waals surface area contributed by atoms with E-state index in [1.165, 1.54) is 12.1 Å². The summed E-state index contributed by atoms with van der Waals surface area (Å²) < 4.78 is 13.2. The maximum Gasteiger partial charge on any atom is 0.123 e. The first kappa shape index (κ1) is 12.9. The third-order valence-corrected chi connectivity index (χ3v) is 3.09. The highest BCUT2D eigenvalue weighted by Crippen LogP contribution is 2.23. The minimum Gasteiger partial charge on any atom is -0.311 e. The first-order chi connectivity index (χ1) is 8.70. The van der Waals surface area contributed by atoms with Gasteiger partial charge in [0, 0.05) is 23.6 Å². The number of hydrogen-bond donors (Lipinski definition) is 1. The molecule has 0 bridgehead atoms. The van der Waals surface area contributed by atoms with Crippen molar-refractivity contribution >= 4 is 11.6 Å². The Morgan fingerprint density at radius 2 is 2.22 bits per heavy atom. The Labute approximate surface area is 110 Å². The van der Waals surface area contributed by atoms with E-state index in [-0.39, 0.29) is 11.9 Å². The smallest absolute Gasteiger partial charge is 0.123 e. The summed E-state index contributed by atoms with van der Waals surface area (Å²) in [6.45, 7) is 0. The Kier molecular flexibility index (Phi) is 4.23. The number of likely N-dealkylation sites (N-methyl/N-ethyl adjacent to an activating group) is 1. The van der Waals surface area contributed by atoms with Gasteiger partial charge in [-0.2, -0.15) is 0 Å². The van der Waals surface area contributed by atoms with Crippen molar-refractivity contribution < 1.29 is 4.39 Å². The fraction of sp³-hybridized carbons (Fsp3) is 0.231. The maximum atomic E-state index is 13.2. The minimum atomic E-state index is -0.289. The zero-order valence-corrected chi connectivity index (χ0v) is 10.7. The standard InChI is InChI=1S/C13H13ClFN3/c1-16-12(13-8-17-4-5-18-13)7-9-6-10(15)2-3-11(9)14/h2-6,8,12,16H,7H2,1H3. The van der Waals surface area contributed by atoms with Crippen LogP contribution >= 0.6 is 11.6 Å². The van der Waals surface area contributed by atoms with Gasteiger partial charge in [0.15, 0.2) is 0 Å². The lowest BCUT2D eigenvalue weighted by molar-refractivity contribution is 0.568. The molecule has 0 aliphatic rings. The molecule has 0 saturated heterocycles. The fourth-order valence-electron chi connectivity index (χ4n) is 1.76. The molecule has 1 aromatic carbocycles. The van der Waals surface area contributed by atoms with Crippen LogP contribution in [0.15, 0.2) is 36.8 Å². The zero-order valence-electron chi connectivity index (χ0n) is 9.90. The van der Waals surface area contributed by atoms with E-state index >= 15 is 0 Å². The summed E-state index contributed by atoms with van der Waals surface area (Å²) >= 11 is 6.05. The molecule has 1 unspecified atom stereocenters. The molecule has 1 aromatic heterocycles. The van der Waals surface area contributed by atoms with Gasteiger partial charge in [-0.3, -0.25) is 9.97 Å². The second kappa shape index (κ2) is 5.89. The molecule has 94 valence electrons. The molecule has 0 aliphatic carbocycles. The lowest BCUT2D eigenvalue weighted by Crippen LogP contribution is -2.20. The van der Waals surface area contributed by atoms with Crippen LogP contribution in [0.2, 0.25) is 5.02 Å². The van der Waals surface area contributed by atoms with Crippen molar-refractivity contribution in [2.45, 2.75) is 12.5 Å². The maximum absolute atomic E-state index is 13.2. The van der Waals surface area contributed by atoms with E-state index in [9.17, 15) is 4.39 Å². The summed E-state index contributed by atoms with van der Waals surface area (Å²) in [7, 11) is 1.83. The number of aromatic nitrogens is 2. The summed E-state index contributed by atoms with van der Waals surface area (Å²) in [6, 6.07) is 4.32. The first-order valence-electron chi connectivity index (χ1n) is 5.58. The quantitative estimate of drug-likeness (QED) is 0.924. The van der Waals surface area contributed by atoms with Gasteiger partial charge in [-0.1, -0.05) is 11.6 Å². The van der Waals surface area contributed by atoms with Crippen molar-refractivity contribution in [3.8, 4) is 0 Å². The van der Waals surface area contributed by atoms with Crippen LogP contribution in [0.3, 0.4) is 0 Å². The van der Waals surface area contributed by atoms with Crippen LogP contribution in [0.5, 0.6) is 0 Å². The Morgan fingerprint density at radius 1 is 1.39 bits per heavy atom. The van der Waals surface area contributed by atoms with Crippen LogP contribution in [0, 0.1) is 5.82 Å². The average molecular weight is 266 g/mol. The van der Waals surface area contributed by atoms with E-state index in [2.05, 4.69) is 15.3 Å². The molecule has 1 heterocycles. The lowest BCUT2D eigenvalue weighted by Gasteiger charge is -2.16. The first-order valence-corrected chi connectivity index (χ1v) is 5.95. The largest absolute Gasteiger partial charge is 0.311 e. The molecule has 2 rings (SSSR count). The second-order valence-electron chi connectivity index (χ2n) is 3.91. The molecule has 0 aliphatic heterocycles. The highest BCUT2D eigenvalue weighted by Gasteiger charge is 2.14. The van der Waals surface area contributed by atoms with E-state index in [1.807, 2.05) is 7.05 Å². The van der Waals surface area contributed by atoms with Gasteiger partial charge in [-0.15, -0.1) is 0 Å². The number of nitrogens with zero attached hydrogens (tertiary/aromatic N) is 2. The average Bonchev–Trinajstić information content (AvgIpc) is 2.41. The molecule has 0 spiro atoms. The summed E-state index contributed by atoms with van der Waals surface area (Å²) in [5.41, 5.74) is 1.56. The number of halogens is 2. The topological polar surface area (TPSA) is 37.8 Å². The van der Waals surface area contributed by atoms with E-state index in [4.69, 9.17) is 11.6 Å². The van der Waals surface area contributed by atoms with E-state index < -0.39 is 0 Å². The summed E-state index contributed by atoms with van der Waals surface area (Å²) in [5.74, 6) is -0.289. The predicted molar refractivity (Wildman–Crippen MR) is 68.9 cm³/mol. The monoisotopic (exact) mass is 265 g/mol. The Hall–Kier alpha value is -1.52. The summed E-state index contributed by atoms with van der Waals surface area (Å²) in [4.78, 5) is 8.26. The number of nitrogens with one attached hydrogen (secondary N) is 1. The molecular weight excluding hydrogens is 253 g/mol. The fourth-order valence-corrected chi connectivity index (χ4v) is 1.96. The third kappa shape index (κ3) is 3.03. The highest BCUT2D eigenvalue weighted by atomic mass is 35.5. The van der Waals surface area contributed by atoms with Crippen LogP contribution in [0.1, 0.15) is 17.3 Å². The number of benzene rings is 1. The molecule has 18 heavy (non-hydrogen) atoms. The van der Waals surface area contributed by atoms with Gasteiger partial charge >= 0.3 is 0 Å². The van der Waals surface area contributed by atoms with E-state index in [1.54, 1.807) is 24.7 Å². The molecule has 0 fully saturated rings. The predicted octanol–water partition coefficient (Wildman–Crippen LogP) is 2.77. The Bertz CT molecular complexity index is 519. The van der Waals surface area contributed by atoms with E-state index in [0.717, 1.165) is 11.3 Å². The zero-order chi connectivity index (χ0) is 13.0. The van der Waals surface area contributed by atoms with Gasteiger partial charge in [0.05, 0.1) is 11.7 Å². The van der Waals surface area contributed by atoms with Crippen molar-refractivity contribution in [1.82, 2.24) is 15.3 Å². The van der Waals surface area contributed by atoms with Crippen molar-refractivity contribution in [3.05, 3.63) is 58.9 Å².